The van der Waals surface area contributed by atoms with E-state index >= 15 is 0 Å². The van der Waals surface area contributed by atoms with Crippen molar-refractivity contribution in [2.45, 2.75) is 12.5 Å². The number of phenolic OH excluding ortho intramolecular Hbond substituents is 1. The largest absolute Gasteiger partial charge is 0.508 e. The molecule has 1 atom stereocenters. The Kier molecular flexibility index (Phi) is 4.02. The van der Waals surface area contributed by atoms with Gasteiger partial charge in [0.2, 0.25) is 0 Å². The summed E-state index contributed by atoms with van der Waals surface area (Å²) in [6.45, 7) is 0. The van der Waals surface area contributed by atoms with Gasteiger partial charge in [0, 0.05) is 6.42 Å². The number of aliphatic hydroxyl groups is 1. The minimum Gasteiger partial charge on any atom is -0.508 e. The van der Waals surface area contributed by atoms with Gasteiger partial charge in [-0.3, -0.25) is 0 Å². The zero-order valence-electron chi connectivity index (χ0n) is 10.5. The highest BCUT2D eigenvalue weighted by Gasteiger charge is 2.12. The van der Waals surface area contributed by atoms with Gasteiger partial charge in [-0.15, -0.1) is 0 Å². The van der Waals surface area contributed by atoms with Gasteiger partial charge in [0.1, 0.15) is 5.75 Å². The Morgan fingerprint density at radius 1 is 1.16 bits per heavy atom. The number of phenols is 1. The van der Waals surface area contributed by atoms with Crippen molar-refractivity contribution in [2.24, 2.45) is 0 Å². The fourth-order valence-electron chi connectivity index (χ4n) is 1.86. The molecule has 100 valence electrons. The highest BCUT2D eigenvalue weighted by atomic mass is 19.1. The number of benzene rings is 2. The van der Waals surface area contributed by atoms with Crippen molar-refractivity contribution in [3.05, 3.63) is 59.4 Å². The summed E-state index contributed by atoms with van der Waals surface area (Å²) in [5, 5.41) is 19.2. The topological polar surface area (TPSA) is 49.7 Å². The van der Waals surface area contributed by atoms with Gasteiger partial charge in [0.25, 0.3) is 0 Å². The molecule has 1 unspecified atom stereocenters. The lowest BCUT2D eigenvalue weighted by atomic mass is 10.0. The molecule has 0 aliphatic carbocycles. The third-order valence-corrected chi connectivity index (χ3v) is 2.93. The molecule has 0 saturated carbocycles. The molecular formula is C15H15FO3. The van der Waals surface area contributed by atoms with Gasteiger partial charge < -0.3 is 14.9 Å². The summed E-state index contributed by atoms with van der Waals surface area (Å²) in [6.07, 6.45) is -0.448. The van der Waals surface area contributed by atoms with Crippen LogP contribution in [-0.4, -0.2) is 17.3 Å². The lowest BCUT2D eigenvalue weighted by molar-refractivity contribution is 0.178. The predicted octanol–water partition coefficient (Wildman–Crippen LogP) is 2.82. The number of aliphatic hydroxyl groups excluding tert-OH is 1. The van der Waals surface area contributed by atoms with Crippen molar-refractivity contribution in [1.82, 2.24) is 0 Å². The van der Waals surface area contributed by atoms with Gasteiger partial charge in [-0.2, -0.15) is 0 Å². The van der Waals surface area contributed by atoms with E-state index in [0.29, 0.717) is 12.0 Å². The van der Waals surface area contributed by atoms with Crippen LogP contribution in [0.3, 0.4) is 0 Å². The van der Waals surface area contributed by atoms with E-state index in [-0.39, 0.29) is 11.5 Å². The Hall–Kier alpha value is -2.07. The van der Waals surface area contributed by atoms with Crippen molar-refractivity contribution in [2.75, 3.05) is 7.11 Å². The monoisotopic (exact) mass is 262 g/mol. The van der Waals surface area contributed by atoms with E-state index in [1.807, 2.05) is 0 Å². The van der Waals surface area contributed by atoms with Crippen molar-refractivity contribution in [3.8, 4) is 11.5 Å². The summed E-state index contributed by atoms with van der Waals surface area (Å²) in [7, 11) is 1.39. The number of aromatic hydroxyl groups is 1. The third kappa shape index (κ3) is 3.23. The van der Waals surface area contributed by atoms with Crippen molar-refractivity contribution in [1.29, 1.82) is 0 Å². The summed E-state index contributed by atoms with van der Waals surface area (Å²) >= 11 is 0. The first-order valence-corrected chi connectivity index (χ1v) is 5.89. The van der Waals surface area contributed by atoms with Crippen LogP contribution in [0.1, 0.15) is 17.2 Å². The van der Waals surface area contributed by atoms with E-state index in [9.17, 15) is 14.6 Å². The van der Waals surface area contributed by atoms with Gasteiger partial charge in [-0.05, 0) is 35.4 Å². The maximum absolute atomic E-state index is 13.5. The van der Waals surface area contributed by atoms with Gasteiger partial charge in [0.15, 0.2) is 11.6 Å². The van der Waals surface area contributed by atoms with Crippen LogP contribution < -0.4 is 4.74 Å². The van der Waals surface area contributed by atoms with Crippen LogP contribution in [0, 0.1) is 5.82 Å². The molecule has 0 fully saturated rings. The van der Waals surface area contributed by atoms with Crippen LogP contribution in [0.2, 0.25) is 0 Å². The summed E-state index contributed by atoms with van der Waals surface area (Å²) in [4.78, 5) is 0. The molecule has 0 radical (unpaired) electrons. The molecule has 19 heavy (non-hydrogen) atoms. The molecule has 0 aromatic heterocycles. The molecule has 0 heterocycles. The summed E-state index contributed by atoms with van der Waals surface area (Å²) < 4.78 is 18.4. The minimum atomic E-state index is -0.801. The Morgan fingerprint density at radius 3 is 2.42 bits per heavy atom. The molecule has 3 nitrogen and oxygen atoms in total. The first-order valence-electron chi connectivity index (χ1n) is 5.89. The molecule has 4 heteroatoms. The SMILES string of the molecule is COc1ccc(C(O)Cc2ccc(O)cc2)cc1F. The molecule has 0 amide bonds. The lowest BCUT2D eigenvalue weighted by Crippen LogP contribution is -2.02. The zero-order valence-corrected chi connectivity index (χ0v) is 10.5. The third-order valence-electron chi connectivity index (χ3n) is 2.93. The van der Waals surface area contributed by atoms with Gasteiger partial charge in [-0.25, -0.2) is 4.39 Å². The molecule has 0 saturated heterocycles. The first-order chi connectivity index (χ1) is 9.10. The Morgan fingerprint density at radius 2 is 1.84 bits per heavy atom. The molecule has 0 aliphatic heterocycles. The second-order valence-corrected chi connectivity index (χ2v) is 4.28. The maximum atomic E-state index is 13.5. The van der Waals surface area contributed by atoms with Gasteiger partial charge in [-0.1, -0.05) is 18.2 Å². The molecular weight excluding hydrogens is 247 g/mol. The average molecular weight is 262 g/mol. The summed E-state index contributed by atoms with van der Waals surface area (Å²) in [5.74, 6) is -0.168. The average Bonchev–Trinajstić information content (AvgIpc) is 2.41. The normalized spacial score (nSPS) is 12.2. The summed E-state index contributed by atoms with van der Waals surface area (Å²) in [6, 6.07) is 10.9. The van der Waals surface area contributed by atoms with Crippen LogP contribution in [0.4, 0.5) is 4.39 Å². The Balaban J connectivity index is 2.13. The molecule has 0 spiro atoms. The van der Waals surface area contributed by atoms with E-state index < -0.39 is 11.9 Å². The number of ether oxygens (including phenoxy) is 1. The number of hydrogen-bond donors (Lipinski definition) is 2. The van der Waals surface area contributed by atoms with Crippen molar-refractivity contribution >= 4 is 0 Å². The van der Waals surface area contributed by atoms with Crippen LogP contribution in [-0.2, 0) is 6.42 Å². The second-order valence-electron chi connectivity index (χ2n) is 4.28. The number of hydrogen-bond acceptors (Lipinski definition) is 3. The molecule has 2 aromatic carbocycles. The summed E-state index contributed by atoms with van der Waals surface area (Å²) in [5.41, 5.74) is 1.35. The van der Waals surface area contributed by atoms with Crippen LogP contribution in [0.15, 0.2) is 42.5 Å². The zero-order chi connectivity index (χ0) is 13.8. The quantitative estimate of drug-likeness (QED) is 0.890. The van der Waals surface area contributed by atoms with Gasteiger partial charge >= 0.3 is 0 Å². The first kappa shape index (κ1) is 13.4. The number of rotatable bonds is 4. The smallest absolute Gasteiger partial charge is 0.165 e. The highest BCUT2D eigenvalue weighted by Crippen LogP contribution is 2.24. The predicted molar refractivity (Wildman–Crippen MR) is 69.7 cm³/mol. The van der Waals surface area contributed by atoms with E-state index in [4.69, 9.17) is 4.74 Å². The fourth-order valence-corrected chi connectivity index (χ4v) is 1.86. The number of halogens is 1. The van der Waals surface area contributed by atoms with E-state index in [1.54, 1.807) is 30.3 Å². The van der Waals surface area contributed by atoms with Gasteiger partial charge in [0.05, 0.1) is 13.2 Å². The highest BCUT2D eigenvalue weighted by molar-refractivity contribution is 5.32. The fraction of sp³-hybridized carbons (Fsp3) is 0.200. The molecule has 0 bridgehead atoms. The number of methoxy groups -OCH3 is 1. The second kappa shape index (κ2) is 5.71. The van der Waals surface area contributed by atoms with Crippen molar-refractivity contribution < 1.29 is 19.3 Å². The molecule has 0 aliphatic rings. The molecule has 2 N–H and O–H groups in total. The molecule has 2 rings (SSSR count). The van der Waals surface area contributed by atoms with Crippen LogP contribution in [0.25, 0.3) is 0 Å². The van der Waals surface area contributed by atoms with E-state index in [2.05, 4.69) is 0 Å². The Labute approximate surface area is 110 Å². The lowest BCUT2D eigenvalue weighted by Gasteiger charge is -2.12. The minimum absolute atomic E-state index is 0.153. The van der Waals surface area contributed by atoms with Crippen LogP contribution >= 0.6 is 0 Å². The Bertz CT molecular complexity index is 552. The van der Waals surface area contributed by atoms with E-state index in [1.165, 1.54) is 19.2 Å². The standard InChI is InChI=1S/C15H15FO3/c1-19-15-7-4-11(9-13(15)16)14(18)8-10-2-5-12(17)6-3-10/h2-7,9,14,17-18H,8H2,1H3. The van der Waals surface area contributed by atoms with Crippen LogP contribution in [0.5, 0.6) is 11.5 Å². The van der Waals surface area contributed by atoms with Crippen molar-refractivity contribution in [3.63, 3.8) is 0 Å². The van der Waals surface area contributed by atoms with E-state index in [0.717, 1.165) is 5.56 Å². The maximum Gasteiger partial charge on any atom is 0.165 e. The molecule has 2 aromatic rings.